The molecule has 0 radical (unpaired) electrons. The number of nitrogens with zero attached hydrogens (tertiary/aromatic N) is 1. The summed E-state index contributed by atoms with van der Waals surface area (Å²) >= 11 is 0. The zero-order chi connectivity index (χ0) is 19.4. The Labute approximate surface area is 162 Å². The predicted octanol–water partition coefficient (Wildman–Crippen LogP) is 2.11. The standard InChI is InChI=1S/C24H19NO3/c1-12-13(2)24(28-22(12)27)8-7-16-18(24)4-3-15-17-5-6-20(26)19-9-14(21(15)16)10-23(17,19)11-25/h3-8,12-13,19H,9-10H2,1-2H3. The second kappa shape index (κ2) is 4.72. The van der Waals surface area contributed by atoms with E-state index < -0.39 is 11.0 Å². The van der Waals surface area contributed by atoms with Crippen molar-refractivity contribution in [2.45, 2.75) is 32.3 Å². The number of carbonyl (C=O) groups excluding carboxylic acids is 2. The van der Waals surface area contributed by atoms with Crippen molar-refractivity contribution < 1.29 is 14.3 Å². The number of benzene rings is 1. The lowest BCUT2D eigenvalue weighted by atomic mass is 9.66. The molecule has 4 nitrogen and oxygen atoms in total. The average molecular weight is 369 g/mol. The fourth-order valence-electron chi connectivity index (χ4n) is 6.16. The maximum Gasteiger partial charge on any atom is 0.310 e. The van der Waals surface area contributed by atoms with Crippen molar-refractivity contribution in [3.05, 3.63) is 51.9 Å². The van der Waals surface area contributed by atoms with Gasteiger partial charge in [0.1, 0.15) is 0 Å². The maximum atomic E-state index is 12.5. The molecule has 5 atom stereocenters. The molecular weight excluding hydrogens is 350 g/mol. The minimum Gasteiger partial charge on any atom is -0.449 e. The zero-order valence-electron chi connectivity index (χ0n) is 15.8. The van der Waals surface area contributed by atoms with Crippen LogP contribution in [0.3, 0.4) is 0 Å². The summed E-state index contributed by atoms with van der Waals surface area (Å²) in [7, 11) is 0. The Kier molecular flexibility index (Phi) is 2.71. The van der Waals surface area contributed by atoms with Gasteiger partial charge in [-0.15, -0.1) is 0 Å². The highest BCUT2D eigenvalue weighted by molar-refractivity contribution is 6.02. The van der Waals surface area contributed by atoms with Crippen LogP contribution in [-0.4, -0.2) is 11.8 Å². The van der Waals surface area contributed by atoms with Crippen LogP contribution in [0.2, 0.25) is 0 Å². The lowest BCUT2D eigenvalue weighted by Gasteiger charge is -2.33. The van der Waals surface area contributed by atoms with Gasteiger partial charge in [-0.05, 0) is 46.6 Å². The van der Waals surface area contributed by atoms with Crippen molar-refractivity contribution in [1.29, 1.82) is 5.26 Å². The third kappa shape index (κ3) is 1.52. The van der Waals surface area contributed by atoms with Gasteiger partial charge in [0, 0.05) is 17.4 Å². The molecule has 2 bridgehead atoms. The second-order valence-electron chi connectivity index (χ2n) is 8.84. The number of rotatable bonds is 0. The number of nitriles is 1. The van der Waals surface area contributed by atoms with Gasteiger partial charge in [0.05, 0.1) is 17.4 Å². The Hall–Kier alpha value is -2.93. The number of hydrogen-bond donors (Lipinski definition) is 0. The molecule has 2 fully saturated rings. The van der Waals surface area contributed by atoms with Gasteiger partial charge in [0.25, 0.3) is 0 Å². The summed E-state index contributed by atoms with van der Waals surface area (Å²) in [5.74, 6) is -0.467. The molecule has 1 aliphatic heterocycles. The van der Waals surface area contributed by atoms with Gasteiger partial charge in [0.15, 0.2) is 11.4 Å². The molecule has 28 heavy (non-hydrogen) atoms. The van der Waals surface area contributed by atoms with Crippen LogP contribution in [0.4, 0.5) is 0 Å². The molecule has 5 unspecified atom stereocenters. The summed E-state index contributed by atoms with van der Waals surface area (Å²) in [6, 6.07) is 6.62. The molecule has 1 aromatic carbocycles. The molecule has 1 saturated heterocycles. The molecule has 138 valence electrons. The molecule has 0 aromatic heterocycles. The van der Waals surface area contributed by atoms with Crippen LogP contribution in [0.15, 0.2) is 30.4 Å². The first-order chi connectivity index (χ1) is 13.4. The molecular formula is C24H19NO3. The van der Waals surface area contributed by atoms with Crippen molar-refractivity contribution in [2.24, 2.45) is 23.2 Å². The van der Waals surface area contributed by atoms with Crippen LogP contribution in [0, 0.1) is 34.5 Å². The van der Waals surface area contributed by atoms with Gasteiger partial charge in [-0.3, -0.25) is 9.59 Å². The number of carbonyl (C=O) groups is 2. The van der Waals surface area contributed by atoms with Crippen LogP contribution in [0.5, 0.6) is 0 Å². The van der Waals surface area contributed by atoms with E-state index in [0.717, 1.165) is 27.1 Å². The molecule has 1 aromatic rings. The van der Waals surface area contributed by atoms with E-state index in [1.165, 1.54) is 5.57 Å². The molecule has 4 aliphatic carbocycles. The first-order valence-electron chi connectivity index (χ1n) is 9.88. The number of ether oxygens (including phenoxy) is 1. The van der Waals surface area contributed by atoms with Crippen LogP contribution in [-0.2, 0) is 19.9 Å². The van der Waals surface area contributed by atoms with E-state index in [0.29, 0.717) is 12.8 Å². The third-order valence-electron chi connectivity index (χ3n) is 7.85. The number of esters is 1. The van der Waals surface area contributed by atoms with Crippen molar-refractivity contribution in [3.8, 4) is 6.07 Å². The summed E-state index contributed by atoms with van der Waals surface area (Å²) in [6.45, 7) is 4.00. The fraction of sp³-hybridized carbons (Fsp3) is 0.375. The SMILES string of the molecule is CC1C(=O)OC2(C=Cc3c2ccc2c3=C3CC4C(=O)C=CC=2C4(C#N)C3)C1C. The van der Waals surface area contributed by atoms with Gasteiger partial charge in [-0.1, -0.05) is 43.7 Å². The van der Waals surface area contributed by atoms with E-state index in [-0.39, 0.29) is 29.5 Å². The molecule has 1 spiro atoms. The van der Waals surface area contributed by atoms with Gasteiger partial charge in [-0.2, -0.15) is 5.26 Å². The van der Waals surface area contributed by atoms with E-state index in [2.05, 4.69) is 31.2 Å². The summed E-state index contributed by atoms with van der Waals surface area (Å²) < 4.78 is 5.91. The van der Waals surface area contributed by atoms with E-state index in [4.69, 9.17) is 4.74 Å². The van der Waals surface area contributed by atoms with E-state index >= 15 is 0 Å². The monoisotopic (exact) mass is 369 g/mol. The second-order valence-corrected chi connectivity index (χ2v) is 8.84. The van der Waals surface area contributed by atoms with Crippen molar-refractivity contribution >= 4 is 29.0 Å². The highest BCUT2D eigenvalue weighted by atomic mass is 16.6. The van der Waals surface area contributed by atoms with Crippen LogP contribution in [0.25, 0.3) is 17.2 Å². The summed E-state index contributed by atoms with van der Waals surface area (Å²) in [5.41, 5.74) is 2.86. The van der Waals surface area contributed by atoms with E-state index in [1.807, 2.05) is 19.1 Å². The maximum absolute atomic E-state index is 12.5. The Morgan fingerprint density at radius 1 is 1.18 bits per heavy atom. The van der Waals surface area contributed by atoms with Crippen LogP contribution in [0.1, 0.15) is 37.8 Å². The molecule has 1 saturated carbocycles. The van der Waals surface area contributed by atoms with Crippen molar-refractivity contribution in [1.82, 2.24) is 0 Å². The highest BCUT2D eigenvalue weighted by Crippen LogP contribution is 2.56. The summed E-state index contributed by atoms with van der Waals surface area (Å²) in [6.07, 6.45) is 8.86. The molecule has 6 rings (SSSR count). The van der Waals surface area contributed by atoms with Crippen molar-refractivity contribution in [3.63, 3.8) is 0 Å². The Balaban J connectivity index is 1.70. The number of allylic oxidation sites excluding steroid dienone is 2. The van der Waals surface area contributed by atoms with Gasteiger partial charge >= 0.3 is 5.97 Å². The zero-order valence-corrected chi connectivity index (χ0v) is 15.8. The Morgan fingerprint density at radius 3 is 2.71 bits per heavy atom. The largest absolute Gasteiger partial charge is 0.449 e. The van der Waals surface area contributed by atoms with E-state index in [1.54, 1.807) is 6.08 Å². The third-order valence-corrected chi connectivity index (χ3v) is 7.85. The molecule has 1 heterocycles. The smallest absolute Gasteiger partial charge is 0.310 e. The van der Waals surface area contributed by atoms with E-state index in [9.17, 15) is 14.9 Å². The Bertz CT molecular complexity index is 1240. The number of ketones is 1. The topological polar surface area (TPSA) is 67.2 Å². The summed E-state index contributed by atoms with van der Waals surface area (Å²) in [4.78, 5) is 24.8. The highest BCUT2D eigenvalue weighted by Gasteiger charge is 2.56. The van der Waals surface area contributed by atoms with Gasteiger partial charge in [-0.25, -0.2) is 0 Å². The lowest BCUT2D eigenvalue weighted by Crippen LogP contribution is -2.43. The number of fused-ring (bicyclic) bond motifs is 5. The molecule has 4 heteroatoms. The number of hydrogen-bond acceptors (Lipinski definition) is 4. The Morgan fingerprint density at radius 2 is 2.00 bits per heavy atom. The fourth-order valence-corrected chi connectivity index (χ4v) is 6.16. The van der Waals surface area contributed by atoms with Crippen LogP contribution < -0.4 is 10.4 Å². The normalized spacial score (nSPS) is 38.7. The average Bonchev–Trinajstić information content (AvgIpc) is 3.32. The predicted molar refractivity (Wildman–Crippen MR) is 103 cm³/mol. The summed E-state index contributed by atoms with van der Waals surface area (Å²) in [5, 5.41) is 12.2. The molecule has 0 N–H and O–H groups in total. The first kappa shape index (κ1) is 16.1. The molecule has 0 amide bonds. The van der Waals surface area contributed by atoms with Gasteiger partial charge in [0.2, 0.25) is 0 Å². The minimum atomic E-state index is -0.718. The first-order valence-corrected chi connectivity index (χ1v) is 9.88. The quantitative estimate of drug-likeness (QED) is 0.657. The minimum absolute atomic E-state index is 0.0549. The van der Waals surface area contributed by atoms with Crippen molar-refractivity contribution in [2.75, 3.05) is 0 Å². The van der Waals surface area contributed by atoms with Gasteiger partial charge < -0.3 is 4.74 Å². The molecule has 5 aliphatic rings. The lowest BCUT2D eigenvalue weighted by molar-refractivity contribution is -0.148. The van der Waals surface area contributed by atoms with Crippen LogP contribution >= 0.6 is 0 Å².